The zero-order valence-corrected chi connectivity index (χ0v) is 15.9. The van der Waals surface area contributed by atoms with Crippen molar-refractivity contribution >= 4 is 29.6 Å². The summed E-state index contributed by atoms with van der Waals surface area (Å²) in [7, 11) is 0. The number of imide groups is 2. The van der Waals surface area contributed by atoms with Gasteiger partial charge >= 0.3 is 0 Å². The van der Waals surface area contributed by atoms with E-state index in [4.69, 9.17) is 0 Å². The molecule has 4 rings (SSSR count). The molecule has 4 amide bonds. The highest BCUT2D eigenvalue weighted by atomic mass is 16.4. The standard InChI is InChI=1S/C22H18N2O6/c25-18-13-7-1-2-8-14(13)19(26)23(18)12-6-5-11-17(22(29)30)24-20(27)15-9-3-4-10-16(15)21(24)28/h1-4,7-10,17H,5-6,11-12H2,(H,29,30)/p-1/t17-/m1/s1. The first-order valence-electron chi connectivity index (χ1n) is 9.55. The van der Waals surface area contributed by atoms with E-state index >= 15 is 0 Å². The Morgan fingerprint density at radius 3 is 1.60 bits per heavy atom. The van der Waals surface area contributed by atoms with Crippen LogP contribution in [0.2, 0.25) is 0 Å². The molecule has 152 valence electrons. The van der Waals surface area contributed by atoms with Crippen LogP contribution in [-0.2, 0) is 4.79 Å². The number of aliphatic carboxylic acids is 1. The van der Waals surface area contributed by atoms with Crippen LogP contribution in [-0.4, -0.2) is 52.0 Å². The Balaban J connectivity index is 1.39. The molecule has 8 nitrogen and oxygen atoms in total. The minimum atomic E-state index is -1.52. The van der Waals surface area contributed by atoms with Crippen LogP contribution in [0.1, 0.15) is 60.7 Å². The first kappa shape index (κ1) is 19.5. The molecule has 30 heavy (non-hydrogen) atoms. The lowest BCUT2D eigenvalue weighted by atomic mass is 10.1. The molecule has 0 unspecified atom stereocenters. The maximum absolute atomic E-state index is 12.5. The lowest BCUT2D eigenvalue weighted by molar-refractivity contribution is -0.310. The summed E-state index contributed by atoms with van der Waals surface area (Å²) in [6, 6.07) is 11.3. The van der Waals surface area contributed by atoms with Gasteiger partial charge in [0, 0.05) is 6.54 Å². The molecule has 2 aromatic carbocycles. The predicted octanol–water partition coefficient (Wildman–Crippen LogP) is 0.868. The summed E-state index contributed by atoms with van der Waals surface area (Å²) in [6.07, 6.45) is 0.578. The number of carbonyl (C=O) groups excluding carboxylic acids is 5. The summed E-state index contributed by atoms with van der Waals surface area (Å²) in [5, 5.41) is 11.7. The molecule has 0 aromatic heterocycles. The summed E-state index contributed by atoms with van der Waals surface area (Å²) in [5.41, 5.74) is 1.03. The monoisotopic (exact) mass is 405 g/mol. The minimum absolute atomic E-state index is 0.0308. The third-order valence-corrected chi connectivity index (χ3v) is 5.40. The summed E-state index contributed by atoms with van der Waals surface area (Å²) in [5.74, 6) is -3.61. The number of carbonyl (C=O) groups is 5. The van der Waals surface area contributed by atoms with Gasteiger partial charge in [-0.05, 0) is 43.5 Å². The van der Waals surface area contributed by atoms with Gasteiger partial charge in [0.2, 0.25) is 0 Å². The minimum Gasteiger partial charge on any atom is -0.548 e. The summed E-state index contributed by atoms with van der Waals surface area (Å²) in [4.78, 5) is 63.3. The second-order valence-electron chi connectivity index (χ2n) is 7.16. The topological polar surface area (TPSA) is 115 Å². The fourth-order valence-electron chi connectivity index (χ4n) is 3.89. The van der Waals surface area contributed by atoms with Gasteiger partial charge in [-0.15, -0.1) is 0 Å². The number of benzene rings is 2. The van der Waals surface area contributed by atoms with E-state index < -0.39 is 23.8 Å². The SMILES string of the molecule is O=C([O-])[C@@H](CCCCN1C(=O)c2ccccc2C1=O)N1C(=O)c2ccccc2C1=O. The van der Waals surface area contributed by atoms with E-state index in [-0.39, 0.29) is 42.3 Å². The number of carboxylic acids is 1. The maximum atomic E-state index is 12.5. The van der Waals surface area contributed by atoms with Crippen LogP contribution in [0.25, 0.3) is 0 Å². The molecule has 8 heteroatoms. The lowest BCUT2D eigenvalue weighted by Crippen LogP contribution is -2.50. The molecule has 1 atom stereocenters. The molecule has 0 radical (unpaired) electrons. The number of carboxylic acid groups (broad SMARTS) is 1. The van der Waals surface area contributed by atoms with Crippen molar-refractivity contribution in [2.75, 3.05) is 6.54 Å². The first-order valence-corrected chi connectivity index (χ1v) is 9.55. The highest BCUT2D eigenvalue weighted by Crippen LogP contribution is 2.27. The van der Waals surface area contributed by atoms with Gasteiger partial charge in [-0.2, -0.15) is 0 Å². The summed E-state index contributed by atoms with van der Waals surface area (Å²) >= 11 is 0. The van der Waals surface area contributed by atoms with E-state index in [0.717, 1.165) is 9.80 Å². The van der Waals surface area contributed by atoms with E-state index in [9.17, 15) is 29.1 Å². The number of amides is 4. The predicted molar refractivity (Wildman–Crippen MR) is 101 cm³/mol. The second-order valence-corrected chi connectivity index (χ2v) is 7.16. The van der Waals surface area contributed by atoms with E-state index in [2.05, 4.69) is 0 Å². The van der Waals surface area contributed by atoms with Crippen LogP contribution < -0.4 is 5.11 Å². The zero-order valence-electron chi connectivity index (χ0n) is 15.9. The van der Waals surface area contributed by atoms with Crippen molar-refractivity contribution in [2.45, 2.75) is 25.3 Å². The number of rotatable bonds is 7. The first-order chi connectivity index (χ1) is 14.4. The molecule has 2 aliphatic heterocycles. The molecule has 0 saturated heterocycles. The van der Waals surface area contributed by atoms with E-state index in [0.29, 0.717) is 17.5 Å². The molecule has 0 fully saturated rings. The molecule has 0 spiro atoms. The van der Waals surface area contributed by atoms with Gasteiger partial charge in [-0.3, -0.25) is 29.0 Å². The number of fused-ring (bicyclic) bond motifs is 2. The van der Waals surface area contributed by atoms with Crippen LogP contribution >= 0.6 is 0 Å². The third kappa shape index (κ3) is 3.06. The number of unbranched alkanes of at least 4 members (excludes halogenated alkanes) is 1. The summed E-state index contributed by atoms with van der Waals surface area (Å²) in [6.45, 7) is 0.119. The molecular formula is C22H17N2O6-. The van der Waals surface area contributed by atoms with Crippen molar-refractivity contribution in [3.8, 4) is 0 Å². The van der Waals surface area contributed by atoms with Crippen LogP contribution in [0.3, 0.4) is 0 Å². The molecule has 0 N–H and O–H groups in total. The molecule has 2 aliphatic rings. The van der Waals surface area contributed by atoms with Gasteiger partial charge < -0.3 is 9.90 Å². The fourth-order valence-corrected chi connectivity index (χ4v) is 3.89. The largest absolute Gasteiger partial charge is 0.548 e. The van der Waals surface area contributed by atoms with Crippen LogP contribution in [0.5, 0.6) is 0 Å². The van der Waals surface area contributed by atoms with Crippen LogP contribution in [0, 0.1) is 0 Å². The molecule has 0 saturated carbocycles. The molecule has 2 aromatic rings. The Bertz CT molecular complexity index is 1020. The van der Waals surface area contributed by atoms with E-state index in [1.807, 2.05) is 0 Å². The van der Waals surface area contributed by atoms with Gasteiger partial charge in [0.25, 0.3) is 23.6 Å². The van der Waals surface area contributed by atoms with Crippen LogP contribution in [0.4, 0.5) is 0 Å². The number of hydrogen-bond acceptors (Lipinski definition) is 6. The van der Waals surface area contributed by atoms with Crippen molar-refractivity contribution in [1.29, 1.82) is 0 Å². The average Bonchev–Trinajstić information content (AvgIpc) is 3.14. The maximum Gasteiger partial charge on any atom is 0.262 e. The third-order valence-electron chi connectivity index (χ3n) is 5.40. The fraction of sp³-hybridized carbons (Fsp3) is 0.227. The summed E-state index contributed by atoms with van der Waals surface area (Å²) < 4.78 is 0. The molecule has 0 bridgehead atoms. The van der Waals surface area contributed by atoms with Gasteiger partial charge in [0.1, 0.15) is 0 Å². The molecule has 0 aliphatic carbocycles. The van der Waals surface area contributed by atoms with Crippen molar-refractivity contribution in [1.82, 2.24) is 9.80 Å². The van der Waals surface area contributed by atoms with Gasteiger partial charge in [0.15, 0.2) is 0 Å². The average molecular weight is 405 g/mol. The van der Waals surface area contributed by atoms with Crippen molar-refractivity contribution in [3.63, 3.8) is 0 Å². The second kappa shape index (κ2) is 7.55. The van der Waals surface area contributed by atoms with Gasteiger partial charge in [-0.1, -0.05) is 24.3 Å². The Labute approximate surface area is 171 Å². The van der Waals surface area contributed by atoms with Crippen molar-refractivity contribution in [2.24, 2.45) is 0 Å². The van der Waals surface area contributed by atoms with E-state index in [1.165, 1.54) is 12.1 Å². The van der Waals surface area contributed by atoms with Gasteiger partial charge in [-0.25, -0.2) is 0 Å². The Morgan fingerprint density at radius 1 is 0.733 bits per heavy atom. The van der Waals surface area contributed by atoms with Crippen molar-refractivity contribution < 1.29 is 29.1 Å². The normalized spacial score (nSPS) is 16.1. The molecular weight excluding hydrogens is 388 g/mol. The lowest BCUT2D eigenvalue weighted by Gasteiger charge is -2.27. The van der Waals surface area contributed by atoms with Crippen LogP contribution in [0.15, 0.2) is 48.5 Å². The highest BCUT2D eigenvalue weighted by molar-refractivity contribution is 6.22. The Kier molecular flexibility index (Phi) is 4.91. The Hall–Kier alpha value is -3.81. The Morgan fingerprint density at radius 2 is 1.17 bits per heavy atom. The van der Waals surface area contributed by atoms with E-state index in [1.54, 1.807) is 36.4 Å². The number of hydrogen-bond donors (Lipinski definition) is 0. The van der Waals surface area contributed by atoms with Crippen molar-refractivity contribution in [3.05, 3.63) is 70.8 Å². The number of nitrogens with zero attached hydrogens (tertiary/aromatic N) is 2. The van der Waals surface area contributed by atoms with Gasteiger partial charge in [0.05, 0.1) is 34.3 Å². The highest BCUT2D eigenvalue weighted by Gasteiger charge is 2.40. The molecule has 2 heterocycles. The zero-order chi connectivity index (χ0) is 21.4. The quantitative estimate of drug-likeness (QED) is 0.499. The smallest absolute Gasteiger partial charge is 0.262 e.